The molecule has 3 atom stereocenters. The number of hydrogen-bond donors (Lipinski definition) is 5. The molecule has 0 spiro atoms. The highest BCUT2D eigenvalue weighted by molar-refractivity contribution is 5.93. The van der Waals surface area contributed by atoms with E-state index in [0.717, 1.165) is 11.1 Å². The fraction of sp³-hybridized carbons (Fsp3) is 0.467. The van der Waals surface area contributed by atoms with E-state index >= 15 is 0 Å². The molecule has 2 aromatic carbocycles. The van der Waals surface area contributed by atoms with Gasteiger partial charge in [0.25, 0.3) is 0 Å². The summed E-state index contributed by atoms with van der Waals surface area (Å²) in [6, 6.07) is 15.6. The summed E-state index contributed by atoms with van der Waals surface area (Å²) in [4.78, 5) is 51.3. The van der Waals surface area contributed by atoms with Gasteiger partial charge in [0.05, 0.1) is 0 Å². The van der Waals surface area contributed by atoms with Crippen LogP contribution in [0.25, 0.3) is 0 Å². The molecule has 0 bridgehead atoms. The van der Waals surface area contributed by atoms with Crippen LogP contribution in [0.4, 0.5) is 4.79 Å². The fourth-order valence-corrected chi connectivity index (χ4v) is 4.06. The van der Waals surface area contributed by atoms with Crippen LogP contribution < -0.4 is 27.4 Å². The lowest BCUT2D eigenvalue weighted by atomic mass is 10.0. The Hall–Kier alpha value is -3.92. The third kappa shape index (κ3) is 12.3. The number of nitrogens with two attached hydrogens (primary N) is 2. The summed E-state index contributed by atoms with van der Waals surface area (Å²) in [7, 11) is 0. The second kappa shape index (κ2) is 17.6. The van der Waals surface area contributed by atoms with Gasteiger partial charge < -0.3 is 32.2 Å². The van der Waals surface area contributed by atoms with E-state index in [-0.39, 0.29) is 18.9 Å². The first-order valence-electron chi connectivity index (χ1n) is 13.8. The molecule has 0 aromatic heterocycles. The second-order valence-electron chi connectivity index (χ2n) is 10.2. The lowest BCUT2D eigenvalue weighted by molar-refractivity contribution is -0.132. The molecule has 10 heteroatoms. The molecule has 7 N–H and O–H groups in total. The number of nitrogens with one attached hydrogen (secondary N) is 3. The Morgan fingerprint density at radius 3 is 1.88 bits per heavy atom. The fourth-order valence-electron chi connectivity index (χ4n) is 4.06. The maximum atomic E-state index is 13.5. The van der Waals surface area contributed by atoms with Crippen molar-refractivity contribution >= 4 is 23.8 Å². The summed E-state index contributed by atoms with van der Waals surface area (Å²) in [5.41, 5.74) is 12.7. The highest BCUT2D eigenvalue weighted by atomic mass is 16.5. The predicted molar refractivity (Wildman–Crippen MR) is 154 cm³/mol. The van der Waals surface area contributed by atoms with E-state index in [1.54, 1.807) is 0 Å². The molecule has 0 radical (unpaired) electrons. The van der Waals surface area contributed by atoms with Crippen LogP contribution in [0.5, 0.6) is 0 Å². The summed E-state index contributed by atoms with van der Waals surface area (Å²) in [5.74, 6) is -1.42. The Morgan fingerprint density at radius 1 is 0.725 bits per heavy atom. The van der Waals surface area contributed by atoms with Gasteiger partial charge in [-0.2, -0.15) is 0 Å². The molecule has 40 heavy (non-hydrogen) atoms. The van der Waals surface area contributed by atoms with Crippen molar-refractivity contribution < 1.29 is 23.9 Å². The van der Waals surface area contributed by atoms with Crippen molar-refractivity contribution in [3.8, 4) is 0 Å². The van der Waals surface area contributed by atoms with Crippen molar-refractivity contribution in [3.05, 3.63) is 71.8 Å². The Labute approximate surface area is 236 Å². The Bertz CT molecular complexity index is 1060. The number of carbonyl (C=O) groups excluding carboxylic acids is 4. The number of alkyl carbamates (subject to hydrolysis) is 1. The average molecular weight is 554 g/mol. The maximum absolute atomic E-state index is 13.5. The van der Waals surface area contributed by atoms with Gasteiger partial charge in [0, 0.05) is 6.42 Å². The van der Waals surface area contributed by atoms with E-state index in [4.69, 9.17) is 16.2 Å². The van der Waals surface area contributed by atoms with Gasteiger partial charge in [-0.3, -0.25) is 14.4 Å². The Kier molecular flexibility index (Phi) is 14.2. The summed E-state index contributed by atoms with van der Waals surface area (Å²) < 4.78 is 5.33. The van der Waals surface area contributed by atoms with E-state index in [1.807, 2.05) is 74.5 Å². The van der Waals surface area contributed by atoms with Crippen LogP contribution in [0.3, 0.4) is 0 Å². The van der Waals surface area contributed by atoms with Crippen LogP contribution in [-0.4, -0.2) is 48.5 Å². The molecule has 0 aliphatic heterocycles. The average Bonchev–Trinajstić information content (AvgIpc) is 2.94. The molecule has 0 saturated carbocycles. The minimum Gasteiger partial charge on any atom is -0.445 e. The van der Waals surface area contributed by atoms with Crippen molar-refractivity contribution in [1.82, 2.24) is 16.0 Å². The van der Waals surface area contributed by atoms with Gasteiger partial charge in [-0.25, -0.2) is 4.79 Å². The number of rotatable bonds is 17. The molecule has 2 rings (SSSR count). The first kappa shape index (κ1) is 32.3. The molecule has 218 valence electrons. The number of amides is 4. The third-order valence-electron chi connectivity index (χ3n) is 6.38. The van der Waals surface area contributed by atoms with Gasteiger partial charge in [-0.1, -0.05) is 74.5 Å². The smallest absolute Gasteiger partial charge is 0.408 e. The van der Waals surface area contributed by atoms with Crippen molar-refractivity contribution in [2.75, 3.05) is 6.54 Å². The Morgan fingerprint density at radius 2 is 1.30 bits per heavy atom. The molecule has 0 unspecified atom stereocenters. The quantitative estimate of drug-likeness (QED) is 0.189. The summed E-state index contributed by atoms with van der Waals surface area (Å²) in [6.45, 7) is 4.54. The van der Waals surface area contributed by atoms with Gasteiger partial charge in [0.15, 0.2) is 0 Å². The molecule has 0 aliphatic carbocycles. The van der Waals surface area contributed by atoms with Gasteiger partial charge in [-0.05, 0) is 55.7 Å². The SMILES string of the molecule is CC(C)CC[C@H](NC(=O)[C@H](Cc1ccccc1)NC(=O)OCc1ccccc1)C(=O)N[C@@H](CCCCN)C(N)=O. The molecule has 2 aromatic rings. The molecular formula is C30H43N5O5. The molecule has 0 saturated heterocycles. The molecule has 0 aliphatic rings. The minimum absolute atomic E-state index is 0.0461. The zero-order chi connectivity index (χ0) is 29.3. The number of unbranched alkanes of at least 4 members (excludes halogenated alkanes) is 1. The molecule has 0 heterocycles. The first-order valence-corrected chi connectivity index (χ1v) is 13.8. The van der Waals surface area contributed by atoms with Crippen LogP contribution in [0.2, 0.25) is 0 Å². The zero-order valence-electron chi connectivity index (χ0n) is 23.4. The lowest BCUT2D eigenvalue weighted by Crippen LogP contribution is -2.56. The van der Waals surface area contributed by atoms with Crippen LogP contribution in [-0.2, 0) is 32.1 Å². The summed E-state index contributed by atoms with van der Waals surface area (Å²) in [6.07, 6.45) is 2.12. The van der Waals surface area contributed by atoms with E-state index in [1.165, 1.54) is 0 Å². The number of carbonyl (C=O) groups is 4. The highest BCUT2D eigenvalue weighted by Gasteiger charge is 2.29. The number of ether oxygens (including phenoxy) is 1. The normalized spacial score (nSPS) is 13.1. The van der Waals surface area contributed by atoms with E-state index < -0.39 is 41.9 Å². The van der Waals surface area contributed by atoms with Gasteiger partial charge >= 0.3 is 6.09 Å². The predicted octanol–water partition coefficient (Wildman–Crippen LogP) is 2.54. The number of benzene rings is 2. The standard InChI is InChI=1S/C30H43N5O5/c1-21(2)16-17-25(28(37)33-24(27(32)36)15-9-10-18-31)34-29(38)26(19-22-11-5-3-6-12-22)35-30(39)40-20-23-13-7-4-8-14-23/h3-8,11-14,21,24-26H,9-10,15-20,31H2,1-2H3,(H2,32,36)(H,33,37)(H,34,38)(H,35,39)/t24-,25-,26-/m0/s1. The van der Waals surface area contributed by atoms with Crippen molar-refractivity contribution in [2.24, 2.45) is 17.4 Å². The van der Waals surface area contributed by atoms with Crippen LogP contribution in [0.1, 0.15) is 57.1 Å². The summed E-state index contributed by atoms with van der Waals surface area (Å²) in [5, 5.41) is 8.13. The lowest BCUT2D eigenvalue weighted by Gasteiger charge is -2.25. The number of primary amides is 1. The molecule has 4 amide bonds. The maximum Gasteiger partial charge on any atom is 0.408 e. The van der Waals surface area contributed by atoms with Crippen molar-refractivity contribution in [3.63, 3.8) is 0 Å². The van der Waals surface area contributed by atoms with Crippen LogP contribution >= 0.6 is 0 Å². The van der Waals surface area contributed by atoms with Gasteiger partial charge in [-0.15, -0.1) is 0 Å². The first-order chi connectivity index (χ1) is 19.2. The largest absolute Gasteiger partial charge is 0.445 e. The number of hydrogen-bond acceptors (Lipinski definition) is 6. The minimum atomic E-state index is -1.00. The third-order valence-corrected chi connectivity index (χ3v) is 6.38. The highest BCUT2D eigenvalue weighted by Crippen LogP contribution is 2.11. The van der Waals surface area contributed by atoms with Crippen molar-refractivity contribution in [1.29, 1.82) is 0 Å². The molecule has 10 nitrogen and oxygen atoms in total. The van der Waals surface area contributed by atoms with Gasteiger partial charge in [0.1, 0.15) is 24.7 Å². The summed E-state index contributed by atoms with van der Waals surface area (Å²) >= 11 is 0. The second-order valence-corrected chi connectivity index (χ2v) is 10.2. The topological polar surface area (TPSA) is 166 Å². The van der Waals surface area contributed by atoms with Gasteiger partial charge in [0.2, 0.25) is 17.7 Å². The van der Waals surface area contributed by atoms with Crippen LogP contribution in [0, 0.1) is 5.92 Å². The van der Waals surface area contributed by atoms with E-state index in [9.17, 15) is 19.2 Å². The van der Waals surface area contributed by atoms with Crippen molar-refractivity contribution in [2.45, 2.75) is 77.1 Å². The van der Waals surface area contributed by atoms with Crippen LogP contribution in [0.15, 0.2) is 60.7 Å². The Balaban J connectivity index is 2.15. The monoisotopic (exact) mass is 553 g/mol. The molecule has 0 fully saturated rings. The molecular weight excluding hydrogens is 510 g/mol. The van der Waals surface area contributed by atoms with E-state index in [2.05, 4.69) is 16.0 Å². The van der Waals surface area contributed by atoms with E-state index in [0.29, 0.717) is 38.6 Å². The zero-order valence-corrected chi connectivity index (χ0v) is 23.4.